The third-order valence-corrected chi connectivity index (χ3v) is 2.82. The Morgan fingerprint density at radius 1 is 1.07 bits per heavy atom. The van der Waals surface area contributed by atoms with Crippen molar-refractivity contribution in [2.24, 2.45) is 0 Å². The lowest BCUT2D eigenvalue weighted by Gasteiger charge is -2.12. The molecular formula is C12H17NO2. The smallest absolute Gasteiger partial charge is 0.161 e. The Hall–Kier alpha value is -1.22. The highest BCUT2D eigenvalue weighted by Crippen LogP contribution is 2.31. The van der Waals surface area contributed by atoms with Gasteiger partial charge in [0.1, 0.15) is 0 Å². The van der Waals surface area contributed by atoms with Crippen molar-refractivity contribution in [1.82, 2.24) is 5.32 Å². The van der Waals surface area contributed by atoms with Gasteiger partial charge in [0, 0.05) is 6.54 Å². The molecule has 0 saturated carbocycles. The van der Waals surface area contributed by atoms with Crippen molar-refractivity contribution in [3.05, 3.63) is 23.3 Å². The van der Waals surface area contributed by atoms with Gasteiger partial charge in [0.05, 0.1) is 14.2 Å². The molecule has 1 aliphatic heterocycles. The van der Waals surface area contributed by atoms with E-state index in [1.54, 1.807) is 14.2 Å². The molecule has 0 fully saturated rings. The summed E-state index contributed by atoms with van der Waals surface area (Å²) >= 11 is 0. The van der Waals surface area contributed by atoms with Crippen LogP contribution in [0.5, 0.6) is 11.5 Å². The van der Waals surface area contributed by atoms with Crippen molar-refractivity contribution in [2.45, 2.75) is 19.4 Å². The van der Waals surface area contributed by atoms with Crippen molar-refractivity contribution in [3.63, 3.8) is 0 Å². The van der Waals surface area contributed by atoms with Gasteiger partial charge in [-0.1, -0.05) is 0 Å². The first-order chi connectivity index (χ1) is 7.35. The molecule has 1 heterocycles. The van der Waals surface area contributed by atoms with E-state index in [9.17, 15) is 0 Å². The lowest BCUT2D eigenvalue weighted by Crippen LogP contribution is -2.12. The zero-order valence-corrected chi connectivity index (χ0v) is 9.30. The number of rotatable bonds is 2. The molecule has 15 heavy (non-hydrogen) atoms. The van der Waals surface area contributed by atoms with Crippen LogP contribution in [0.2, 0.25) is 0 Å². The Kier molecular flexibility index (Phi) is 3.11. The molecule has 0 aliphatic carbocycles. The van der Waals surface area contributed by atoms with Crippen LogP contribution in [-0.4, -0.2) is 20.8 Å². The van der Waals surface area contributed by atoms with E-state index in [0.717, 1.165) is 31.0 Å². The van der Waals surface area contributed by atoms with Gasteiger partial charge in [-0.25, -0.2) is 0 Å². The summed E-state index contributed by atoms with van der Waals surface area (Å²) < 4.78 is 10.6. The third kappa shape index (κ3) is 2.07. The SMILES string of the molecule is COc1cc2c(cc1OC)CNCCC2. The second kappa shape index (κ2) is 4.53. The molecule has 1 aliphatic rings. The normalized spacial score (nSPS) is 15.3. The zero-order valence-electron chi connectivity index (χ0n) is 9.30. The first-order valence-electron chi connectivity index (χ1n) is 5.29. The van der Waals surface area contributed by atoms with Crippen LogP contribution in [0.15, 0.2) is 12.1 Å². The minimum atomic E-state index is 0.819. The van der Waals surface area contributed by atoms with Crippen LogP contribution in [-0.2, 0) is 13.0 Å². The van der Waals surface area contributed by atoms with Crippen molar-refractivity contribution in [1.29, 1.82) is 0 Å². The summed E-state index contributed by atoms with van der Waals surface area (Å²) in [5.41, 5.74) is 2.70. The van der Waals surface area contributed by atoms with E-state index in [0.29, 0.717) is 0 Å². The fourth-order valence-electron chi connectivity index (χ4n) is 1.99. The summed E-state index contributed by atoms with van der Waals surface area (Å²) in [6, 6.07) is 4.17. The van der Waals surface area contributed by atoms with Gasteiger partial charge in [0.15, 0.2) is 11.5 Å². The summed E-state index contributed by atoms with van der Waals surface area (Å²) in [4.78, 5) is 0. The van der Waals surface area contributed by atoms with Crippen molar-refractivity contribution in [2.75, 3.05) is 20.8 Å². The van der Waals surface area contributed by atoms with Crippen molar-refractivity contribution < 1.29 is 9.47 Å². The highest BCUT2D eigenvalue weighted by molar-refractivity contribution is 5.47. The van der Waals surface area contributed by atoms with Crippen molar-refractivity contribution >= 4 is 0 Å². The topological polar surface area (TPSA) is 30.5 Å². The van der Waals surface area contributed by atoms with Gasteiger partial charge in [-0.2, -0.15) is 0 Å². The van der Waals surface area contributed by atoms with E-state index in [1.165, 1.54) is 17.5 Å². The predicted octanol–water partition coefficient (Wildman–Crippen LogP) is 1.74. The molecule has 1 aromatic rings. The molecule has 0 spiro atoms. The van der Waals surface area contributed by atoms with Gasteiger partial charge in [0.25, 0.3) is 0 Å². The van der Waals surface area contributed by atoms with E-state index in [-0.39, 0.29) is 0 Å². The van der Waals surface area contributed by atoms with Gasteiger partial charge in [-0.15, -0.1) is 0 Å². The maximum Gasteiger partial charge on any atom is 0.161 e. The summed E-state index contributed by atoms with van der Waals surface area (Å²) in [5.74, 6) is 1.65. The minimum absolute atomic E-state index is 0.819. The molecule has 3 heteroatoms. The Balaban J connectivity index is 2.41. The highest BCUT2D eigenvalue weighted by Gasteiger charge is 2.12. The van der Waals surface area contributed by atoms with E-state index >= 15 is 0 Å². The lowest BCUT2D eigenvalue weighted by molar-refractivity contribution is 0.354. The number of methoxy groups -OCH3 is 2. The number of benzene rings is 1. The number of hydrogen-bond acceptors (Lipinski definition) is 3. The molecule has 0 saturated heterocycles. The van der Waals surface area contributed by atoms with E-state index in [4.69, 9.17) is 9.47 Å². The molecule has 0 amide bonds. The number of aryl methyl sites for hydroxylation is 1. The zero-order chi connectivity index (χ0) is 10.7. The molecular weight excluding hydrogens is 190 g/mol. The van der Waals surface area contributed by atoms with Gasteiger partial charge in [-0.05, 0) is 42.6 Å². The summed E-state index contributed by atoms with van der Waals surface area (Å²) in [5, 5.41) is 3.40. The summed E-state index contributed by atoms with van der Waals surface area (Å²) in [6.45, 7) is 2.01. The Morgan fingerprint density at radius 2 is 1.73 bits per heavy atom. The molecule has 3 nitrogen and oxygen atoms in total. The first kappa shape index (κ1) is 10.3. The molecule has 0 atom stereocenters. The molecule has 0 unspecified atom stereocenters. The average Bonchev–Trinajstić information content (AvgIpc) is 2.51. The Morgan fingerprint density at radius 3 is 2.40 bits per heavy atom. The average molecular weight is 207 g/mol. The maximum absolute atomic E-state index is 5.30. The van der Waals surface area contributed by atoms with E-state index in [2.05, 4.69) is 17.4 Å². The third-order valence-electron chi connectivity index (χ3n) is 2.82. The lowest BCUT2D eigenvalue weighted by atomic mass is 10.0. The molecule has 1 N–H and O–H groups in total. The van der Waals surface area contributed by atoms with E-state index < -0.39 is 0 Å². The van der Waals surface area contributed by atoms with Crippen molar-refractivity contribution in [3.8, 4) is 11.5 Å². The Bertz CT molecular complexity index is 317. The van der Waals surface area contributed by atoms with Gasteiger partial charge < -0.3 is 14.8 Å². The first-order valence-corrected chi connectivity index (χ1v) is 5.29. The molecule has 0 radical (unpaired) electrons. The van der Waals surface area contributed by atoms with E-state index in [1.807, 2.05) is 0 Å². The monoisotopic (exact) mass is 207 g/mol. The van der Waals surface area contributed by atoms with Crippen LogP contribution in [0.3, 0.4) is 0 Å². The Labute approximate surface area is 90.4 Å². The number of ether oxygens (including phenoxy) is 2. The number of hydrogen-bond donors (Lipinski definition) is 1. The highest BCUT2D eigenvalue weighted by atomic mass is 16.5. The fraction of sp³-hybridized carbons (Fsp3) is 0.500. The van der Waals surface area contributed by atoms with Crippen LogP contribution in [0.4, 0.5) is 0 Å². The van der Waals surface area contributed by atoms with Crippen LogP contribution < -0.4 is 14.8 Å². The quantitative estimate of drug-likeness (QED) is 0.801. The molecule has 0 bridgehead atoms. The molecule has 82 valence electrons. The molecule has 0 aromatic heterocycles. The standard InChI is InChI=1S/C12H17NO2/c1-14-11-6-9-4-3-5-13-8-10(9)7-12(11)15-2/h6-7,13H,3-5,8H2,1-2H3. The van der Waals surface area contributed by atoms with Crippen LogP contribution in [0.25, 0.3) is 0 Å². The number of fused-ring (bicyclic) bond motifs is 1. The number of nitrogens with one attached hydrogen (secondary N) is 1. The van der Waals surface area contributed by atoms with Gasteiger partial charge in [0.2, 0.25) is 0 Å². The summed E-state index contributed by atoms with van der Waals surface area (Å²) in [6.07, 6.45) is 2.30. The molecule has 2 rings (SSSR count). The second-order valence-corrected chi connectivity index (χ2v) is 3.76. The van der Waals surface area contributed by atoms with Crippen LogP contribution in [0, 0.1) is 0 Å². The second-order valence-electron chi connectivity index (χ2n) is 3.76. The fourth-order valence-corrected chi connectivity index (χ4v) is 1.99. The van der Waals surface area contributed by atoms with Gasteiger partial charge in [-0.3, -0.25) is 0 Å². The van der Waals surface area contributed by atoms with Crippen LogP contribution in [0.1, 0.15) is 17.5 Å². The largest absolute Gasteiger partial charge is 0.493 e. The molecule has 1 aromatic carbocycles. The predicted molar refractivity (Wildman–Crippen MR) is 59.6 cm³/mol. The summed E-state index contributed by atoms with van der Waals surface area (Å²) in [7, 11) is 3.35. The van der Waals surface area contributed by atoms with Crippen LogP contribution >= 0.6 is 0 Å². The minimum Gasteiger partial charge on any atom is -0.493 e. The maximum atomic E-state index is 5.30. The van der Waals surface area contributed by atoms with Gasteiger partial charge >= 0.3 is 0 Å².